The van der Waals surface area contributed by atoms with Gasteiger partial charge in [0, 0.05) is 24.2 Å². The van der Waals surface area contributed by atoms with E-state index in [-0.39, 0.29) is 13.0 Å². The Labute approximate surface area is 182 Å². The molecule has 1 saturated heterocycles. The number of thiazole rings is 1. The first-order chi connectivity index (χ1) is 14.5. The highest BCUT2D eigenvalue weighted by Crippen LogP contribution is 2.36. The first-order valence-electron chi connectivity index (χ1n) is 9.55. The van der Waals surface area contributed by atoms with Crippen LogP contribution < -0.4 is 0 Å². The number of rotatable bonds is 6. The van der Waals surface area contributed by atoms with Gasteiger partial charge >= 0.3 is 0 Å². The molecule has 1 aliphatic rings. The summed E-state index contributed by atoms with van der Waals surface area (Å²) in [7, 11) is 0. The molecular formula is C21H22ClNO6S. The van der Waals surface area contributed by atoms with Crippen LogP contribution in [0.25, 0.3) is 10.6 Å². The lowest BCUT2D eigenvalue weighted by Crippen LogP contribution is -2.54. The molecule has 160 valence electrons. The predicted octanol–water partition coefficient (Wildman–Crippen LogP) is 2.55. The summed E-state index contributed by atoms with van der Waals surface area (Å²) in [5, 5.41) is 41.4. The van der Waals surface area contributed by atoms with E-state index in [2.05, 4.69) is 4.98 Å². The molecule has 7 nitrogen and oxygen atoms in total. The van der Waals surface area contributed by atoms with Gasteiger partial charge in [-0.05, 0) is 35.7 Å². The highest BCUT2D eigenvalue weighted by Gasteiger charge is 2.43. The molecule has 9 heteroatoms. The van der Waals surface area contributed by atoms with Gasteiger partial charge in [0.2, 0.25) is 0 Å². The molecule has 0 amide bonds. The first-order valence-corrected chi connectivity index (χ1v) is 10.7. The van der Waals surface area contributed by atoms with E-state index in [0.29, 0.717) is 17.0 Å². The Morgan fingerprint density at radius 2 is 1.93 bits per heavy atom. The second-order valence-corrected chi connectivity index (χ2v) is 8.72. The van der Waals surface area contributed by atoms with Gasteiger partial charge in [-0.2, -0.15) is 0 Å². The second kappa shape index (κ2) is 9.15. The smallest absolute Gasteiger partial charge is 0.145 e. The Morgan fingerprint density at radius 3 is 2.67 bits per heavy atom. The van der Waals surface area contributed by atoms with Gasteiger partial charge in [0.1, 0.15) is 30.2 Å². The molecule has 30 heavy (non-hydrogen) atoms. The fourth-order valence-corrected chi connectivity index (χ4v) is 4.68. The minimum Gasteiger partial charge on any atom is -0.463 e. The topological polar surface area (TPSA) is 116 Å². The average molecular weight is 452 g/mol. The van der Waals surface area contributed by atoms with Crippen molar-refractivity contribution in [3.63, 3.8) is 0 Å². The third-order valence-corrected chi connectivity index (χ3v) is 6.56. The van der Waals surface area contributed by atoms with E-state index < -0.39 is 30.5 Å². The third kappa shape index (κ3) is 4.31. The number of ether oxygens (including phenoxy) is 1. The number of aliphatic hydroxyl groups excluding tert-OH is 4. The van der Waals surface area contributed by atoms with Crippen molar-refractivity contribution < 1.29 is 29.6 Å². The van der Waals surface area contributed by atoms with E-state index in [4.69, 9.17) is 20.8 Å². The van der Waals surface area contributed by atoms with Crippen LogP contribution in [0.3, 0.4) is 0 Å². The highest BCUT2D eigenvalue weighted by atomic mass is 35.5. The molecule has 0 spiro atoms. The number of aliphatic hydroxyl groups is 4. The Balaban J connectivity index is 1.57. The molecule has 4 rings (SSSR count). The van der Waals surface area contributed by atoms with E-state index in [1.54, 1.807) is 24.6 Å². The van der Waals surface area contributed by atoms with E-state index in [1.807, 2.05) is 18.2 Å². The number of hydrogen-bond acceptors (Lipinski definition) is 8. The molecule has 0 radical (unpaired) electrons. The molecule has 0 saturated carbocycles. The highest BCUT2D eigenvalue weighted by molar-refractivity contribution is 7.15. The molecule has 1 fully saturated rings. The van der Waals surface area contributed by atoms with Crippen LogP contribution in [0.4, 0.5) is 0 Å². The van der Waals surface area contributed by atoms with E-state index in [9.17, 15) is 20.4 Å². The van der Waals surface area contributed by atoms with E-state index in [0.717, 1.165) is 21.2 Å². The maximum absolute atomic E-state index is 10.5. The molecule has 0 unspecified atom stereocenters. The Hall–Kier alpha value is -1.78. The lowest BCUT2D eigenvalue weighted by atomic mass is 9.89. The number of halogens is 1. The Morgan fingerprint density at radius 1 is 1.10 bits per heavy atom. The lowest BCUT2D eigenvalue weighted by Gasteiger charge is -2.41. The molecule has 0 aliphatic carbocycles. The summed E-state index contributed by atoms with van der Waals surface area (Å²) in [6.45, 7) is -0.203. The zero-order valence-electron chi connectivity index (χ0n) is 15.9. The van der Waals surface area contributed by atoms with Crippen LogP contribution in [-0.4, -0.2) is 56.4 Å². The quantitative estimate of drug-likeness (QED) is 0.455. The van der Waals surface area contributed by atoms with Gasteiger partial charge in [0.05, 0.1) is 22.3 Å². The van der Waals surface area contributed by atoms with Crippen molar-refractivity contribution in [3.8, 4) is 10.6 Å². The predicted molar refractivity (Wildman–Crippen MR) is 111 cm³/mol. The summed E-state index contributed by atoms with van der Waals surface area (Å²) in [4.78, 5) is 5.36. The van der Waals surface area contributed by atoms with Crippen molar-refractivity contribution in [1.82, 2.24) is 4.98 Å². The van der Waals surface area contributed by atoms with Crippen molar-refractivity contribution in [2.24, 2.45) is 0 Å². The van der Waals surface area contributed by atoms with Crippen LogP contribution in [0.5, 0.6) is 0 Å². The fraction of sp³-hybridized carbons (Fsp3) is 0.381. The van der Waals surface area contributed by atoms with E-state index >= 15 is 0 Å². The molecular weight excluding hydrogens is 430 g/mol. The van der Waals surface area contributed by atoms with Gasteiger partial charge in [0.25, 0.3) is 0 Å². The van der Waals surface area contributed by atoms with Gasteiger partial charge in [0.15, 0.2) is 0 Å². The van der Waals surface area contributed by atoms with Crippen LogP contribution in [-0.2, 0) is 11.2 Å². The van der Waals surface area contributed by atoms with E-state index in [1.165, 1.54) is 11.3 Å². The van der Waals surface area contributed by atoms with Crippen molar-refractivity contribution in [3.05, 3.63) is 63.9 Å². The zero-order valence-corrected chi connectivity index (χ0v) is 17.5. The van der Waals surface area contributed by atoms with Crippen molar-refractivity contribution in [1.29, 1.82) is 0 Å². The summed E-state index contributed by atoms with van der Waals surface area (Å²) in [6, 6.07) is 8.93. The normalized spacial score (nSPS) is 26.8. The summed E-state index contributed by atoms with van der Waals surface area (Å²) >= 11 is 7.89. The molecule has 5 atom stereocenters. The minimum atomic E-state index is -1.38. The molecule has 1 aliphatic heterocycles. The maximum Gasteiger partial charge on any atom is 0.145 e. The van der Waals surface area contributed by atoms with Gasteiger partial charge in [-0.3, -0.25) is 0 Å². The fourth-order valence-electron chi connectivity index (χ4n) is 3.59. The molecule has 1 aromatic carbocycles. The zero-order chi connectivity index (χ0) is 21.3. The molecule has 0 bridgehead atoms. The summed E-state index contributed by atoms with van der Waals surface area (Å²) in [5.74, 6) is 0.750. The molecule has 4 N–H and O–H groups in total. The second-order valence-electron chi connectivity index (χ2n) is 7.20. The molecule has 3 heterocycles. The first kappa shape index (κ1) is 21.5. The minimum absolute atomic E-state index is 0.149. The van der Waals surface area contributed by atoms with Crippen LogP contribution in [0.15, 0.2) is 47.2 Å². The SMILES string of the molecule is OCC[C@H]1O[C@H](c2ccc(Cl)c(Cc3ncc(-c4ccco4)s3)c2)[C@H](O)[C@H](O)[C@H]1O. The number of furan rings is 1. The third-order valence-electron chi connectivity index (χ3n) is 5.18. The van der Waals surface area contributed by atoms with Crippen molar-refractivity contribution in [2.75, 3.05) is 6.61 Å². The number of aromatic nitrogens is 1. The van der Waals surface area contributed by atoms with Crippen LogP contribution in [0.2, 0.25) is 5.02 Å². The number of hydrogen-bond donors (Lipinski definition) is 4. The van der Waals surface area contributed by atoms with Gasteiger partial charge in [-0.15, -0.1) is 11.3 Å². The number of nitrogens with zero attached hydrogens (tertiary/aromatic N) is 1. The summed E-state index contributed by atoms with van der Waals surface area (Å²) in [6.07, 6.45) is -1.61. The molecule has 2 aromatic heterocycles. The van der Waals surface area contributed by atoms with Gasteiger partial charge in [-0.1, -0.05) is 23.7 Å². The Kier molecular flexibility index (Phi) is 6.54. The average Bonchev–Trinajstić information content (AvgIpc) is 3.42. The summed E-state index contributed by atoms with van der Waals surface area (Å²) in [5.41, 5.74) is 1.42. The van der Waals surface area contributed by atoms with Crippen molar-refractivity contribution in [2.45, 2.75) is 43.4 Å². The number of benzene rings is 1. The van der Waals surface area contributed by atoms with Gasteiger partial charge < -0.3 is 29.6 Å². The maximum atomic E-state index is 10.5. The molecule has 3 aromatic rings. The van der Waals surface area contributed by atoms with Crippen molar-refractivity contribution >= 4 is 22.9 Å². The standard InChI is InChI=1S/C21H22ClNO6S/c22-13-4-3-11(21-20(27)19(26)18(25)15(29-21)5-6-24)8-12(13)9-17-23-10-16(30-17)14-2-1-7-28-14/h1-4,7-8,10,15,18-21,24-27H,5-6,9H2/t15-,18+,19-,20-,21-/m1/s1. The van der Waals surface area contributed by atoms with Gasteiger partial charge in [-0.25, -0.2) is 4.98 Å². The monoisotopic (exact) mass is 451 g/mol. The Bertz CT molecular complexity index is 978. The largest absolute Gasteiger partial charge is 0.463 e. The van der Waals surface area contributed by atoms with Crippen LogP contribution in [0, 0.1) is 0 Å². The van der Waals surface area contributed by atoms with Crippen LogP contribution >= 0.6 is 22.9 Å². The lowest BCUT2D eigenvalue weighted by molar-refractivity contribution is -0.227. The summed E-state index contributed by atoms with van der Waals surface area (Å²) < 4.78 is 11.2. The van der Waals surface area contributed by atoms with Crippen LogP contribution in [0.1, 0.15) is 28.7 Å².